The van der Waals surface area contributed by atoms with Gasteiger partial charge >= 0.3 is 0 Å². The average molecular weight is 429 g/mol. The Balaban J connectivity index is 1.75. The summed E-state index contributed by atoms with van der Waals surface area (Å²) in [5.41, 5.74) is 3.32. The van der Waals surface area contributed by atoms with Crippen molar-refractivity contribution in [2.45, 2.75) is 122 Å². The molecule has 0 saturated heterocycles. The van der Waals surface area contributed by atoms with Crippen LogP contribution in [0.1, 0.15) is 128 Å². The molecule has 31 heavy (non-hydrogen) atoms. The van der Waals surface area contributed by atoms with Crippen LogP contribution in [-0.2, 0) is 0 Å². The van der Waals surface area contributed by atoms with Crippen LogP contribution >= 0.6 is 0 Å². The van der Waals surface area contributed by atoms with Gasteiger partial charge in [-0.25, -0.2) is 4.39 Å². The number of hydrogen-bond donors (Lipinski definition) is 0. The van der Waals surface area contributed by atoms with Crippen LogP contribution in [-0.4, -0.2) is 6.61 Å². The summed E-state index contributed by atoms with van der Waals surface area (Å²) >= 11 is 0. The van der Waals surface area contributed by atoms with Crippen LogP contribution < -0.4 is 4.74 Å². The molecule has 0 heterocycles. The summed E-state index contributed by atoms with van der Waals surface area (Å²) in [6, 6.07) is 5.75. The molecule has 1 nitrogen and oxygen atoms in total. The van der Waals surface area contributed by atoms with E-state index in [9.17, 15) is 4.39 Å². The van der Waals surface area contributed by atoms with Crippen LogP contribution in [0.2, 0.25) is 0 Å². The zero-order valence-electron chi connectivity index (χ0n) is 20.2. The molecule has 0 aromatic heterocycles. The topological polar surface area (TPSA) is 9.23 Å². The molecule has 1 atom stereocenters. The maximum absolute atomic E-state index is 14.7. The standard InChI is InChI=1S/C29H45FO/c1-3-5-10-18-29(19-11-7-12-20-29)21-17-26(22-24-13-8-6-9-14-24)25-15-16-28(31-4-2)27(30)23-25/h13,15-16,23,26H,3-12,14,17-22H2,1-2H3. The molecule has 1 unspecified atom stereocenters. The van der Waals surface area contributed by atoms with Crippen LogP contribution in [0, 0.1) is 11.2 Å². The molecule has 0 aliphatic heterocycles. The third-order valence-electron chi connectivity index (χ3n) is 7.87. The second kappa shape index (κ2) is 12.7. The van der Waals surface area contributed by atoms with Crippen molar-refractivity contribution in [2.75, 3.05) is 6.61 Å². The monoisotopic (exact) mass is 428 g/mol. The van der Waals surface area contributed by atoms with Crippen molar-refractivity contribution in [3.8, 4) is 5.75 Å². The predicted molar refractivity (Wildman–Crippen MR) is 130 cm³/mol. The number of benzene rings is 1. The SMILES string of the molecule is CCCCCC1(CCC(CC2=CCCCC2)c2ccc(OCC)c(F)c2)CCCCC1. The lowest BCUT2D eigenvalue weighted by Crippen LogP contribution is -2.25. The van der Waals surface area contributed by atoms with Crippen molar-refractivity contribution in [3.05, 3.63) is 41.2 Å². The van der Waals surface area contributed by atoms with Crippen molar-refractivity contribution in [2.24, 2.45) is 5.41 Å². The van der Waals surface area contributed by atoms with Gasteiger partial charge in [0.15, 0.2) is 11.6 Å². The van der Waals surface area contributed by atoms with E-state index in [2.05, 4.69) is 19.1 Å². The Hall–Kier alpha value is -1.31. The highest BCUT2D eigenvalue weighted by Gasteiger charge is 2.32. The minimum atomic E-state index is -0.197. The molecule has 3 rings (SSSR count). The van der Waals surface area contributed by atoms with E-state index < -0.39 is 0 Å². The first kappa shape index (κ1) is 24.3. The molecule has 0 spiro atoms. The molecule has 0 N–H and O–H groups in total. The number of halogens is 1. The van der Waals surface area contributed by atoms with Crippen LogP contribution in [0.15, 0.2) is 29.8 Å². The fraction of sp³-hybridized carbons (Fsp3) is 0.724. The fourth-order valence-corrected chi connectivity index (χ4v) is 5.99. The first-order valence-corrected chi connectivity index (χ1v) is 13.3. The minimum absolute atomic E-state index is 0.197. The van der Waals surface area contributed by atoms with E-state index in [0.29, 0.717) is 23.7 Å². The molecule has 0 radical (unpaired) electrons. The number of ether oxygens (including phenoxy) is 1. The van der Waals surface area contributed by atoms with Crippen molar-refractivity contribution < 1.29 is 9.13 Å². The zero-order chi connectivity index (χ0) is 21.9. The van der Waals surface area contributed by atoms with Gasteiger partial charge in [0.05, 0.1) is 6.61 Å². The van der Waals surface area contributed by atoms with Crippen LogP contribution in [0.3, 0.4) is 0 Å². The number of allylic oxidation sites excluding steroid dienone is 2. The van der Waals surface area contributed by atoms with Gasteiger partial charge in [-0.1, -0.05) is 63.2 Å². The van der Waals surface area contributed by atoms with Crippen LogP contribution in [0.25, 0.3) is 0 Å². The molecule has 2 heteroatoms. The van der Waals surface area contributed by atoms with Crippen LogP contribution in [0.5, 0.6) is 5.75 Å². The quantitative estimate of drug-likeness (QED) is 0.238. The summed E-state index contributed by atoms with van der Waals surface area (Å²) in [6.07, 6.45) is 23.7. The Morgan fingerprint density at radius 1 is 1.00 bits per heavy atom. The summed E-state index contributed by atoms with van der Waals surface area (Å²) in [6.45, 7) is 4.72. The normalized spacial score (nSPS) is 19.6. The van der Waals surface area contributed by atoms with E-state index in [1.54, 1.807) is 11.6 Å². The maximum Gasteiger partial charge on any atom is 0.165 e. The fourth-order valence-electron chi connectivity index (χ4n) is 5.99. The Labute approximate surface area is 190 Å². The number of rotatable bonds is 12. The van der Waals surface area contributed by atoms with Crippen molar-refractivity contribution in [1.29, 1.82) is 0 Å². The third kappa shape index (κ3) is 7.36. The average Bonchev–Trinajstić information content (AvgIpc) is 2.80. The first-order chi connectivity index (χ1) is 15.2. The predicted octanol–water partition coefficient (Wildman–Crippen LogP) is 9.51. The maximum atomic E-state index is 14.7. The molecule has 1 aromatic carbocycles. The molecular formula is C29H45FO. The van der Waals surface area contributed by atoms with Gasteiger partial charge in [0.1, 0.15) is 0 Å². The third-order valence-corrected chi connectivity index (χ3v) is 7.87. The molecule has 0 bridgehead atoms. The Morgan fingerprint density at radius 2 is 1.84 bits per heavy atom. The van der Waals surface area contributed by atoms with Gasteiger partial charge < -0.3 is 4.74 Å². The Bertz CT molecular complexity index is 686. The molecule has 2 aliphatic rings. The van der Waals surface area contributed by atoms with Crippen LogP contribution in [0.4, 0.5) is 4.39 Å². The summed E-state index contributed by atoms with van der Waals surface area (Å²) < 4.78 is 20.2. The highest BCUT2D eigenvalue weighted by molar-refractivity contribution is 5.32. The molecule has 1 fully saturated rings. The van der Waals surface area contributed by atoms with E-state index in [-0.39, 0.29) is 5.82 Å². The smallest absolute Gasteiger partial charge is 0.165 e. The van der Waals surface area contributed by atoms with E-state index in [1.165, 1.54) is 102 Å². The van der Waals surface area contributed by atoms with E-state index in [1.807, 2.05) is 13.0 Å². The minimum Gasteiger partial charge on any atom is -0.491 e. The molecular weight excluding hydrogens is 383 g/mol. The molecule has 0 amide bonds. The summed E-state index contributed by atoms with van der Waals surface area (Å²) in [7, 11) is 0. The largest absolute Gasteiger partial charge is 0.491 e. The van der Waals surface area contributed by atoms with E-state index in [4.69, 9.17) is 4.74 Å². The zero-order valence-corrected chi connectivity index (χ0v) is 20.2. The second-order valence-electron chi connectivity index (χ2n) is 10.2. The van der Waals surface area contributed by atoms with Gasteiger partial charge in [-0.3, -0.25) is 0 Å². The Morgan fingerprint density at radius 3 is 2.52 bits per heavy atom. The first-order valence-electron chi connectivity index (χ1n) is 13.3. The lowest BCUT2D eigenvalue weighted by Gasteiger charge is -2.39. The van der Waals surface area contributed by atoms with Gasteiger partial charge in [-0.15, -0.1) is 0 Å². The number of hydrogen-bond acceptors (Lipinski definition) is 1. The molecule has 1 saturated carbocycles. The highest BCUT2D eigenvalue weighted by atomic mass is 19.1. The number of unbranched alkanes of at least 4 members (excludes halogenated alkanes) is 2. The second-order valence-corrected chi connectivity index (χ2v) is 10.2. The van der Waals surface area contributed by atoms with Gasteiger partial charge in [0.25, 0.3) is 0 Å². The lowest BCUT2D eigenvalue weighted by molar-refractivity contribution is 0.144. The van der Waals surface area contributed by atoms with Crippen molar-refractivity contribution in [3.63, 3.8) is 0 Å². The molecule has 2 aliphatic carbocycles. The lowest BCUT2D eigenvalue weighted by atomic mass is 9.66. The highest BCUT2D eigenvalue weighted by Crippen LogP contribution is 2.47. The summed E-state index contributed by atoms with van der Waals surface area (Å²) in [5.74, 6) is 0.627. The van der Waals surface area contributed by atoms with E-state index >= 15 is 0 Å². The van der Waals surface area contributed by atoms with Gasteiger partial charge in [-0.05, 0) is 100 Å². The van der Waals surface area contributed by atoms with Crippen molar-refractivity contribution in [1.82, 2.24) is 0 Å². The van der Waals surface area contributed by atoms with Gasteiger partial charge in [0, 0.05) is 0 Å². The van der Waals surface area contributed by atoms with Gasteiger partial charge in [0.2, 0.25) is 0 Å². The summed E-state index contributed by atoms with van der Waals surface area (Å²) in [4.78, 5) is 0. The Kier molecular flexibility index (Phi) is 9.94. The van der Waals surface area contributed by atoms with Gasteiger partial charge in [-0.2, -0.15) is 0 Å². The van der Waals surface area contributed by atoms with E-state index in [0.717, 1.165) is 6.42 Å². The molecule has 174 valence electrons. The molecule has 1 aromatic rings. The summed E-state index contributed by atoms with van der Waals surface area (Å²) in [5, 5.41) is 0. The van der Waals surface area contributed by atoms with Crippen molar-refractivity contribution >= 4 is 0 Å².